The van der Waals surface area contributed by atoms with Crippen LogP contribution in [0.25, 0.3) is 0 Å². The molecule has 0 aliphatic carbocycles. The molecule has 0 spiro atoms. The Morgan fingerprint density at radius 2 is 1.55 bits per heavy atom. The van der Waals surface area contributed by atoms with Gasteiger partial charge >= 0.3 is 0 Å². The van der Waals surface area contributed by atoms with E-state index in [2.05, 4.69) is 4.74 Å². The Bertz CT molecular complexity index is 609. The van der Waals surface area contributed by atoms with Crippen LogP contribution in [-0.2, 0) is 0 Å². The number of carboxylic acid groups (broad SMARTS) is 2. The average Bonchev–Trinajstić information content (AvgIpc) is 2.49. The van der Waals surface area contributed by atoms with Gasteiger partial charge in [-0.2, -0.15) is 0 Å². The maximum absolute atomic E-state index is 10.5. The fourth-order valence-electron chi connectivity index (χ4n) is 1.50. The Morgan fingerprint density at radius 3 is 2.09 bits per heavy atom. The van der Waals surface area contributed by atoms with E-state index >= 15 is 0 Å². The summed E-state index contributed by atoms with van der Waals surface area (Å²) in [5.41, 5.74) is 0.0966. The lowest BCUT2D eigenvalue weighted by Crippen LogP contribution is -2.26. The first-order valence-corrected chi connectivity index (χ1v) is 6.41. The first-order valence-electron chi connectivity index (χ1n) is 6.41. The maximum atomic E-state index is 10.5. The van der Waals surface area contributed by atoms with Crippen molar-refractivity contribution in [2.45, 2.75) is 6.92 Å². The molecule has 6 nitrogen and oxygen atoms in total. The summed E-state index contributed by atoms with van der Waals surface area (Å²) in [6.07, 6.45) is -1.54. The van der Waals surface area contributed by atoms with Gasteiger partial charge in [0.15, 0.2) is 0 Å². The summed E-state index contributed by atoms with van der Waals surface area (Å²) in [6.45, 7) is 2.25. The molecule has 22 heavy (non-hydrogen) atoms. The number of hydrogen-bond acceptors (Lipinski definition) is 6. The molecule has 0 bridgehead atoms. The zero-order valence-corrected chi connectivity index (χ0v) is 11.9. The molecule has 116 valence electrons. The summed E-state index contributed by atoms with van der Waals surface area (Å²) in [5, 5.41) is 20.3. The van der Waals surface area contributed by atoms with Gasteiger partial charge in [-0.05, 0) is 31.2 Å². The second-order valence-corrected chi connectivity index (χ2v) is 3.88. The van der Waals surface area contributed by atoms with Crippen LogP contribution in [0.3, 0.4) is 0 Å². The van der Waals surface area contributed by atoms with Gasteiger partial charge in [0, 0.05) is 5.56 Å². The van der Waals surface area contributed by atoms with Crippen LogP contribution < -0.4 is 19.7 Å². The van der Waals surface area contributed by atoms with E-state index in [0.29, 0.717) is 12.4 Å². The molecule has 0 amide bonds. The number of hydrogen-bond donors (Lipinski definition) is 0. The monoisotopic (exact) mass is 302 g/mol. The molecule has 0 aromatic heterocycles. The van der Waals surface area contributed by atoms with Crippen molar-refractivity contribution in [1.82, 2.24) is 0 Å². The van der Waals surface area contributed by atoms with Gasteiger partial charge in [-0.25, -0.2) is 0 Å². The van der Waals surface area contributed by atoms with Crippen molar-refractivity contribution in [2.24, 2.45) is 0 Å². The van der Waals surface area contributed by atoms with Gasteiger partial charge in [-0.1, -0.05) is 30.3 Å². The normalized spacial score (nSPS) is 9.14. The zero-order valence-electron chi connectivity index (χ0n) is 11.9. The third kappa shape index (κ3) is 5.96. The quantitative estimate of drug-likeness (QED) is 0.613. The summed E-state index contributed by atoms with van der Waals surface area (Å²) in [7, 11) is 0. The lowest BCUT2D eigenvalue weighted by molar-refractivity contribution is -0.271. The summed E-state index contributed by atoms with van der Waals surface area (Å²) >= 11 is 0. The van der Waals surface area contributed by atoms with Gasteiger partial charge < -0.3 is 29.3 Å². The molecule has 2 aromatic carbocycles. The molecule has 0 saturated carbocycles. The van der Waals surface area contributed by atoms with Gasteiger partial charge in [0.2, 0.25) is 0 Å². The van der Waals surface area contributed by atoms with Gasteiger partial charge in [0.1, 0.15) is 5.75 Å². The summed E-state index contributed by atoms with van der Waals surface area (Å²) < 4.78 is 9.30. The number of aromatic carboxylic acids is 1. The van der Waals surface area contributed by atoms with E-state index in [-0.39, 0.29) is 11.3 Å². The minimum atomic E-state index is -1.54. The molecule has 0 unspecified atom stereocenters. The Hall–Kier alpha value is -3.02. The molecular formula is C16H14O6-2. The molecular weight excluding hydrogens is 288 g/mol. The fraction of sp³-hybridized carbons (Fsp3) is 0.125. The number of benzene rings is 2. The second kappa shape index (κ2) is 9.02. The number of para-hydroxylation sites is 2. The zero-order chi connectivity index (χ0) is 16.4. The lowest BCUT2D eigenvalue weighted by atomic mass is 10.2. The first kappa shape index (κ1) is 17.0. The largest absolute Gasteiger partial charge is 0.545 e. The highest BCUT2D eigenvalue weighted by molar-refractivity contribution is 5.89. The molecule has 0 fully saturated rings. The molecule has 2 aromatic rings. The average molecular weight is 302 g/mol. The SMILES string of the molecule is CCOc1ccccc1C(=O)[O-].O=C([O-])Oc1ccccc1. The molecule has 0 radical (unpaired) electrons. The maximum Gasteiger partial charge on any atom is 0.257 e. The molecule has 0 heterocycles. The molecule has 2 rings (SSSR count). The molecule has 0 atom stereocenters. The van der Waals surface area contributed by atoms with Crippen molar-refractivity contribution in [3.8, 4) is 11.5 Å². The van der Waals surface area contributed by atoms with Crippen LogP contribution in [0, 0.1) is 0 Å². The number of ether oxygens (including phenoxy) is 2. The summed E-state index contributed by atoms with van der Waals surface area (Å²) in [6, 6.07) is 14.6. The van der Waals surface area contributed by atoms with Crippen molar-refractivity contribution in [1.29, 1.82) is 0 Å². The molecule has 0 aliphatic heterocycles. The van der Waals surface area contributed by atoms with E-state index in [1.54, 1.807) is 43.3 Å². The van der Waals surface area contributed by atoms with E-state index in [1.807, 2.05) is 0 Å². The second-order valence-electron chi connectivity index (χ2n) is 3.88. The van der Waals surface area contributed by atoms with Crippen molar-refractivity contribution >= 4 is 12.1 Å². The Morgan fingerprint density at radius 1 is 0.955 bits per heavy atom. The van der Waals surface area contributed by atoms with Crippen molar-refractivity contribution in [3.05, 3.63) is 60.2 Å². The van der Waals surface area contributed by atoms with Crippen LogP contribution in [0.4, 0.5) is 4.79 Å². The van der Waals surface area contributed by atoms with Crippen LogP contribution in [-0.4, -0.2) is 18.7 Å². The first-order chi connectivity index (χ1) is 10.5. The van der Waals surface area contributed by atoms with E-state index < -0.39 is 12.1 Å². The van der Waals surface area contributed by atoms with E-state index in [0.717, 1.165) is 0 Å². The number of rotatable bonds is 4. The van der Waals surface area contributed by atoms with Gasteiger partial charge in [0.25, 0.3) is 6.16 Å². The summed E-state index contributed by atoms with van der Waals surface area (Å²) in [5.74, 6) is -0.568. The lowest BCUT2D eigenvalue weighted by Gasteiger charge is -2.09. The van der Waals surface area contributed by atoms with Crippen molar-refractivity contribution in [2.75, 3.05) is 6.61 Å². The Balaban J connectivity index is 0.000000224. The predicted molar refractivity (Wildman–Crippen MR) is 74.4 cm³/mol. The number of carbonyl (C=O) groups is 2. The van der Waals surface area contributed by atoms with Gasteiger partial charge in [0.05, 0.1) is 18.3 Å². The molecule has 0 aliphatic rings. The van der Waals surface area contributed by atoms with E-state index in [4.69, 9.17) is 4.74 Å². The van der Waals surface area contributed by atoms with Crippen LogP contribution in [0.5, 0.6) is 11.5 Å². The van der Waals surface area contributed by atoms with E-state index in [1.165, 1.54) is 18.2 Å². The van der Waals surface area contributed by atoms with Crippen LogP contribution in [0.2, 0.25) is 0 Å². The highest BCUT2D eigenvalue weighted by atomic mass is 16.7. The number of carboxylic acids is 1. The van der Waals surface area contributed by atoms with Crippen LogP contribution in [0.1, 0.15) is 17.3 Å². The van der Waals surface area contributed by atoms with Crippen molar-refractivity contribution in [3.63, 3.8) is 0 Å². The topological polar surface area (TPSA) is 98.7 Å². The fourth-order valence-corrected chi connectivity index (χ4v) is 1.50. The molecule has 0 N–H and O–H groups in total. The smallest absolute Gasteiger partial charge is 0.257 e. The van der Waals surface area contributed by atoms with Gasteiger partial charge in [-0.3, -0.25) is 0 Å². The summed E-state index contributed by atoms with van der Waals surface area (Å²) in [4.78, 5) is 20.3. The molecule has 0 saturated heterocycles. The van der Waals surface area contributed by atoms with E-state index in [9.17, 15) is 19.8 Å². The third-order valence-electron chi connectivity index (χ3n) is 2.35. The highest BCUT2D eigenvalue weighted by Gasteiger charge is 2.01. The van der Waals surface area contributed by atoms with Crippen LogP contribution >= 0.6 is 0 Å². The van der Waals surface area contributed by atoms with Crippen molar-refractivity contribution < 1.29 is 29.3 Å². The third-order valence-corrected chi connectivity index (χ3v) is 2.35. The Kier molecular flexibility index (Phi) is 6.98. The number of carbonyl (C=O) groups excluding carboxylic acids is 2. The minimum absolute atomic E-state index is 0.0966. The Labute approximate surface area is 127 Å². The minimum Gasteiger partial charge on any atom is -0.545 e. The highest BCUT2D eigenvalue weighted by Crippen LogP contribution is 2.16. The standard InChI is InChI=1S/C9H10O3.C7H6O3/c1-2-12-8-6-4-3-5-7(8)9(10)11;8-7(9)10-6-4-2-1-3-5-6/h3-6H,2H2,1H3,(H,10,11);1-5H,(H,8,9)/p-2. The predicted octanol–water partition coefficient (Wildman–Crippen LogP) is 0.857. The van der Waals surface area contributed by atoms with Crippen LogP contribution in [0.15, 0.2) is 54.6 Å². The van der Waals surface area contributed by atoms with Gasteiger partial charge in [-0.15, -0.1) is 0 Å². The molecule has 6 heteroatoms.